The van der Waals surface area contributed by atoms with Crippen molar-refractivity contribution in [1.82, 2.24) is 29.7 Å². The van der Waals surface area contributed by atoms with Gasteiger partial charge in [-0.2, -0.15) is 18.2 Å². The van der Waals surface area contributed by atoms with Crippen molar-refractivity contribution in [1.29, 1.82) is 0 Å². The third-order valence-electron chi connectivity index (χ3n) is 9.60. The lowest BCUT2D eigenvalue weighted by Gasteiger charge is -2.35. The number of alkyl halides is 3. The highest BCUT2D eigenvalue weighted by atomic mass is 19.4. The lowest BCUT2D eigenvalue weighted by atomic mass is 9.95. The summed E-state index contributed by atoms with van der Waals surface area (Å²) in [6, 6.07) is 19.0. The number of benzene rings is 3. The van der Waals surface area contributed by atoms with Gasteiger partial charge in [-0.25, -0.2) is 9.97 Å². The Balaban J connectivity index is 0.916. The molecule has 3 aromatic carbocycles. The van der Waals surface area contributed by atoms with Crippen LogP contribution in [0.5, 0.6) is 0 Å². The number of halogens is 3. The number of piperidine rings is 1. The second-order valence-electron chi connectivity index (χ2n) is 12.7. The van der Waals surface area contributed by atoms with Gasteiger partial charge in [0.25, 0.3) is 5.91 Å². The van der Waals surface area contributed by atoms with Gasteiger partial charge in [0.2, 0.25) is 23.6 Å². The van der Waals surface area contributed by atoms with E-state index in [1.807, 2.05) is 29.2 Å². The van der Waals surface area contributed by atoms with E-state index in [1.165, 1.54) is 17.3 Å². The molecule has 0 spiro atoms. The molecule has 3 amide bonds. The lowest BCUT2D eigenvalue weighted by Crippen LogP contribution is -2.53. The third-order valence-corrected chi connectivity index (χ3v) is 9.60. The SMILES string of the molecule is O=C1CCC(N2C(=O)c3cccc4c(Cc5ccc(CN6CCN(c7ccnc(-n8ccnc8C(F)(F)F)n7)CC6)cc5)ccc2c34)C(=O)N1. The number of rotatable bonds is 7. The number of hydrogen-bond acceptors (Lipinski definition) is 8. The first-order valence-corrected chi connectivity index (χ1v) is 16.3. The second-order valence-corrected chi connectivity index (χ2v) is 12.7. The van der Waals surface area contributed by atoms with E-state index in [1.54, 1.807) is 12.1 Å². The maximum atomic E-state index is 13.5. The summed E-state index contributed by atoms with van der Waals surface area (Å²) in [5, 5.41) is 4.17. The van der Waals surface area contributed by atoms with Crippen molar-refractivity contribution in [2.75, 3.05) is 36.0 Å². The molecule has 0 aliphatic carbocycles. The van der Waals surface area contributed by atoms with E-state index in [9.17, 15) is 27.6 Å². The molecule has 50 heavy (non-hydrogen) atoms. The molecular formula is C36H31F3N8O3. The molecule has 11 nitrogen and oxygen atoms in total. The Hall–Kier alpha value is -5.63. The van der Waals surface area contributed by atoms with Crippen molar-refractivity contribution in [3.8, 4) is 5.95 Å². The van der Waals surface area contributed by atoms with Crippen molar-refractivity contribution in [2.45, 2.75) is 38.0 Å². The van der Waals surface area contributed by atoms with E-state index in [2.05, 4.69) is 49.4 Å². The Kier molecular flexibility index (Phi) is 7.82. The quantitative estimate of drug-likeness (QED) is 0.250. The second kappa shape index (κ2) is 12.4. The molecule has 2 aromatic heterocycles. The van der Waals surface area contributed by atoms with Crippen molar-refractivity contribution < 1.29 is 27.6 Å². The molecule has 8 rings (SSSR count). The van der Waals surface area contributed by atoms with Crippen molar-refractivity contribution in [3.63, 3.8) is 0 Å². The highest BCUT2D eigenvalue weighted by Crippen LogP contribution is 2.41. The zero-order valence-electron chi connectivity index (χ0n) is 26.7. The number of piperazine rings is 1. The van der Waals surface area contributed by atoms with Crippen LogP contribution in [0.15, 0.2) is 79.3 Å². The molecule has 0 saturated carbocycles. The van der Waals surface area contributed by atoms with Gasteiger partial charge < -0.3 is 4.90 Å². The minimum atomic E-state index is -4.62. The monoisotopic (exact) mass is 680 g/mol. The Bertz CT molecular complexity index is 2140. The molecule has 1 N–H and O–H groups in total. The molecule has 0 bridgehead atoms. The van der Waals surface area contributed by atoms with Crippen LogP contribution < -0.4 is 15.1 Å². The minimum absolute atomic E-state index is 0.0744. The Labute approximate surface area is 284 Å². The standard InChI is InChI=1S/C36H31F3N8O3/c37-36(38,39)34-40-14-15-46(34)35-41-13-12-29(42-35)45-18-16-44(17-19-45)21-23-6-4-22(5-7-23)20-24-8-9-27-31-25(24)2-1-3-26(31)33(50)47(27)28-10-11-30(48)43-32(28)49/h1-9,12-15,28H,10-11,16-21H2,(H,43,48,49). The maximum Gasteiger partial charge on any atom is 0.450 e. The van der Waals surface area contributed by atoms with Crippen LogP contribution in [-0.2, 0) is 28.7 Å². The van der Waals surface area contributed by atoms with Crippen LogP contribution in [-0.4, -0.2) is 74.4 Å². The van der Waals surface area contributed by atoms with Gasteiger partial charge in [0.05, 0.1) is 5.69 Å². The predicted octanol–water partition coefficient (Wildman–Crippen LogP) is 4.51. The Morgan fingerprint density at radius 1 is 0.860 bits per heavy atom. The first-order chi connectivity index (χ1) is 24.1. The number of aromatic nitrogens is 4. The first kappa shape index (κ1) is 31.6. The number of amides is 3. The molecule has 3 aliphatic heterocycles. The average Bonchev–Trinajstić information content (AvgIpc) is 3.72. The molecule has 3 aliphatic rings. The van der Waals surface area contributed by atoms with Crippen molar-refractivity contribution >= 4 is 40.0 Å². The highest BCUT2D eigenvalue weighted by Gasteiger charge is 2.41. The van der Waals surface area contributed by atoms with Gasteiger partial charge in [-0.1, -0.05) is 42.5 Å². The summed E-state index contributed by atoms with van der Waals surface area (Å²) in [5.74, 6) is -1.56. The molecule has 5 heterocycles. The summed E-state index contributed by atoms with van der Waals surface area (Å²) in [6.07, 6.45) is 0.287. The fourth-order valence-corrected chi connectivity index (χ4v) is 7.14. The van der Waals surface area contributed by atoms with Gasteiger partial charge in [-0.3, -0.25) is 34.1 Å². The van der Waals surface area contributed by atoms with Gasteiger partial charge >= 0.3 is 6.18 Å². The summed E-state index contributed by atoms with van der Waals surface area (Å²) >= 11 is 0. The van der Waals surface area contributed by atoms with Gasteiger partial charge in [0, 0.05) is 68.7 Å². The summed E-state index contributed by atoms with van der Waals surface area (Å²) < 4.78 is 40.9. The van der Waals surface area contributed by atoms with E-state index < -0.39 is 23.9 Å². The number of imide groups is 1. The third kappa shape index (κ3) is 5.74. The normalized spacial score (nSPS) is 18.3. The van der Waals surface area contributed by atoms with Gasteiger partial charge in [0.1, 0.15) is 11.9 Å². The first-order valence-electron chi connectivity index (χ1n) is 16.3. The zero-order chi connectivity index (χ0) is 34.6. The number of nitrogens with one attached hydrogen (secondary N) is 1. The number of nitrogens with zero attached hydrogens (tertiary/aromatic N) is 7. The van der Waals surface area contributed by atoms with Crippen molar-refractivity contribution in [2.24, 2.45) is 0 Å². The topological polar surface area (TPSA) is 117 Å². The van der Waals surface area contributed by atoms with E-state index in [-0.39, 0.29) is 24.2 Å². The zero-order valence-corrected chi connectivity index (χ0v) is 26.7. The number of anilines is 2. The van der Waals surface area contributed by atoms with Crippen LogP contribution in [0.1, 0.15) is 45.7 Å². The molecule has 1 atom stereocenters. The fourth-order valence-electron chi connectivity index (χ4n) is 7.14. The van der Waals surface area contributed by atoms with Gasteiger partial charge in [-0.15, -0.1) is 0 Å². The molecule has 1 unspecified atom stereocenters. The number of carbonyl (C=O) groups excluding carboxylic acids is 3. The molecule has 14 heteroatoms. The van der Waals surface area contributed by atoms with Crippen LogP contribution in [0.3, 0.4) is 0 Å². The maximum absolute atomic E-state index is 13.5. The van der Waals surface area contributed by atoms with E-state index in [0.29, 0.717) is 43.0 Å². The Morgan fingerprint density at radius 3 is 2.40 bits per heavy atom. The molecule has 2 fully saturated rings. The predicted molar refractivity (Wildman–Crippen MR) is 178 cm³/mol. The van der Waals surface area contributed by atoms with Crippen LogP contribution in [0, 0.1) is 0 Å². The molecule has 254 valence electrons. The van der Waals surface area contributed by atoms with Crippen LogP contribution >= 0.6 is 0 Å². The molecular weight excluding hydrogens is 649 g/mol. The summed E-state index contributed by atoms with van der Waals surface area (Å²) in [5.41, 5.74) is 4.62. The van der Waals surface area contributed by atoms with E-state index >= 15 is 0 Å². The van der Waals surface area contributed by atoms with Crippen LogP contribution in [0.4, 0.5) is 24.7 Å². The van der Waals surface area contributed by atoms with E-state index in [0.717, 1.165) is 57.9 Å². The van der Waals surface area contributed by atoms with Crippen LogP contribution in [0.2, 0.25) is 0 Å². The van der Waals surface area contributed by atoms with Gasteiger partial charge in [0.15, 0.2) is 0 Å². The number of carbonyl (C=O) groups is 3. The lowest BCUT2D eigenvalue weighted by molar-refractivity contribution is -0.146. The average molecular weight is 681 g/mol. The number of hydrogen-bond donors (Lipinski definition) is 1. The van der Waals surface area contributed by atoms with Gasteiger partial charge in [-0.05, 0) is 53.1 Å². The Morgan fingerprint density at radius 2 is 1.64 bits per heavy atom. The fraction of sp³-hybridized carbons (Fsp3) is 0.278. The molecule has 0 radical (unpaired) electrons. The van der Waals surface area contributed by atoms with Crippen molar-refractivity contribution in [3.05, 3.63) is 107 Å². The van der Waals surface area contributed by atoms with E-state index in [4.69, 9.17) is 0 Å². The molecule has 2 saturated heterocycles. The summed E-state index contributed by atoms with van der Waals surface area (Å²) in [7, 11) is 0. The smallest absolute Gasteiger partial charge is 0.354 e. The summed E-state index contributed by atoms with van der Waals surface area (Å²) in [6.45, 7) is 3.61. The largest absolute Gasteiger partial charge is 0.450 e. The molecule has 5 aromatic rings. The highest BCUT2D eigenvalue weighted by molar-refractivity contribution is 6.27. The summed E-state index contributed by atoms with van der Waals surface area (Å²) in [4.78, 5) is 55.7. The number of imidazole rings is 1. The van der Waals surface area contributed by atoms with Crippen LogP contribution in [0.25, 0.3) is 16.7 Å². The minimum Gasteiger partial charge on any atom is -0.354 e.